The minimum absolute atomic E-state index is 0.0227. The van der Waals surface area contributed by atoms with Crippen molar-refractivity contribution >= 4 is 11.7 Å². The van der Waals surface area contributed by atoms with E-state index in [9.17, 15) is 14.9 Å². The molecule has 0 atom stereocenters. The number of aromatic nitrogens is 3. The summed E-state index contributed by atoms with van der Waals surface area (Å²) in [4.78, 5) is 21.0. The third kappa shape index (κ3) is 3.20. The highest BCUT2D eigenvalue weighted by Crippen LogP contribution is 2.13. The summed E-state index contributed by atoms with van der Waals surface area (Å²) in [5.74, 6) is -1.17. The molecule has 0 saturated heterocycles. The minimum atomic E-state index is -1.17. The van der Waals surface area contributed by atoms with E-state index in [-0.39, 0.29) is 17.9 Å². The third-order valence-corrected chi connectivity index (χ3v) is 2.99. The molecule has 1 aromatic heterocycles. The summed E-state index contributed by atoms with van der Waals surface area (Å²) in [6.45, 7) is 0.416. The van der Waals surface area contributed by atoms with Crippen LogP contribution in [0.2, 0.25) is 0 Å². The van der Waals surface area contributed by atoms with Gasteiger partial charge in [0.25, 0.3) is 5.69 Å². The number of aromatic carboxylic acids is 1. The molecule has 21 heavy (non-hydrogen) atoms. The highest BCUT2D eigenvalue weighted by atomic mass is 16.6. The number of rotatable bonds is 6. The number of aryl methyl sites for hydroxylation is 2. The number of non-ortho nitro benzene ring substituents is 1. The topological polar surface area (TPSA) is 137 Å². The van der Waals surface area contributed by atoms with Crippen molar-refractivity contribution in [2.75, 3.05) is 0 Å². The zero-order valence-corrected chi connectivity index (χ0v) is 11.0. The Balaban J connectivity index is 2.09. The number of nitro benzene ring substituents is 1. The maximum Gasteiger partial charge on any atom is 0.358 e. The second-order valence-corrected chi connectivity index (χ2v) is 4.29. The van der Waals surface area contributed by atoms with Gasteiger partial charge in [-0.1, -0.05) is 17.3 Å². The van der Waals surface area contributed by atoms with Crippen LogP contribution in [0.5, 0.6) is 0 Å². The summed E-state index contributed by atoms with van der Waals surface area (Å²) in [5.41, 5.74) is 6.61. The van der Waals surface area contributed by atoms with Crippen LogP contribution < -0.4 is 5.73 Å². The van der Waals surface area contributed by atoms with Crippen molar-refractivity contribution < 1.29 is 14.8 Å². The second kappa shape index (κ2) is 6.09. The lowest BCUT2D eigenvalue weighted by Gasteiger charge is -2.05. The molecule has 9 nitrogen and oxygen atoms in total. The molecule has 0 amide bonds. The number of carboxylic acid groups (broad SMARTS) is 1. The van der Waals surface area contributed by atoms with Crippen LogP contribution in [0.3, 0.4) is 0 Å². The van der Waals surface area contributed by atoms with Crippen molar-refractivity contribution in [3.05, 3.63) is 51.3 Å². The standard InChI is InChI=1S/C12H13N5O4/c13-7-10-11(12(18)19)14-15-16(10)6-5-8-1-3-9(4-2-8)17(20)21/h1-4H,5-7,13H2,(H,18,19). The SMILES string of the molecule is NCc1c(C(=O)O)nnn1CCc1ccc([N+](=O)[O-])cc1. The van der Waals surface area contributed by atoms with Crippen LogP contribution >= 0.6 is 0 Å². The first-order valence-corrected chi connectivity index (χ1v) is 6.12. The molecule has 0 bridgehead atoms. The van der Waals surface area contributed by atoms with Gasteiger partial charge in [-0.15, -0.1) is 5.10 Å². The fourth-order valence-corrected chi connectivity index (χ4v) is 1.90. The Bertz CT molecular complexity index is 665. The zero-order valence-electron chi connectivity index (χ0n) is 11.0. The number of nitro groups is 1. The first-order chi connectivity index (χ1) is 10.0. The Hall–Kier alpha value is -2.81. The van der Waals surface area contributed by atoms with E-state index in [4.69, 9.17) is 10.8 Å². The van der Waals surface area contributed by atoms with Gasteiger partial charge < -0.3 is 10.8 Å². The van der Waals surface area contributed by atoms with Gasteiger partial charge in [0.05, 0.1) is 10.6 Å². The average Bonchev–Trinajstić information content (AvgIpc) is 2.88. The third-order valence-electron chi connectivity index (χ3n) is 2.99. The number of hydrogen-bond acceptors (Lipinski definition) is 6. The average molecular weight is 291 g/mol. The number of nitrogens with zero attached hydrogens (tertiary/aromatic N) is 4. The van der Waals surface area contributed by atoms with E-state index < -0.39 is 10.9 Å². The predicted molar refractivity (Wildman–Crippen MR) is 71.7 cm³/mol. The van der Waals surface area contributed by atoms with Gasteiger partial charge >= 0.3 is 5.97 Å². The highest BCUT2D eigenvalue weighted by Gasteiger charge is 2.17. The molecule has 0 aliphatic rings. The molecule has 1 heterocycles. The monoisotopic (exact) mass is 291 g/mol. The van der Waals surface area contributed by atoms with Gasteiger partial charge in [-0.05, 0) is 12.0 Å². The normalized spacial score (nSPS) is 10.5. The molecule has 0 fully saturated rings. The fraction of sp³-hybridized carbons (Fsp3) is 0.250. The molecule has 9 heteroatoms. The number of nitrogens with two attached hydrogens (primary N) is 1. The quantitative estimate of drug-likeness (QED) is 0.586. The summed E-state index contributed by atoms with van der Waals surface area (Å²) in [5, 5.41) is 26.8. The van der Waals surface area contributed by atoms with Crippen molar-refractivity contribution in [2.45, 2.75) is 19.5 Å². The highest BCUT2D eigenvalue weighted by molar-refractivity contribution is 5.86. The van der Waals surface area contributed by atoms with E-state index >= 15 is 0 Å². The van der Waals surface area contributed by atoms with E-state index in [1.54, 1.807) is 12.1 Å². The molecule has 0 aliphatic heterocycles. The summed E-state index contributed by atoms with van der Waals surface area (Å²) >= 11 is 0. The van der Waals surface area contributed by atoms with Crippen LogP contribution in [0.1, 0.15) is 21.7 Å². The first kappa shape index (κ1) is 14.6. The molecule has 110 valence electrons. The summed E-state index contributed by atoms with van der Waals surface area (Å²) in [7, 11) is 0. The Morgan fingerprint density at radius 2 is 2.05 bits per heavy atom. The van der Waals surface area contributed by atoms with Crippen LogP contribution in [0.4, 0.5) is 5.69 Å². The fourth-order valence-electron chi connectivity index (χ4n) is 1.90. The Kier molecular flexibility index (Phi) is 4.24. The maximum atomic E-state index is 10.9. The molecule has 1 aromatic carbocycles. The molecule has 0 saturated carbocycles. The first-order valence-electron chi connectivity index (χ1n) is 6.12. The van der Waals surface area contributed by atoms with Gasteiger partial charge in [-0.3, -0.25) is 10.1 Å². The summed E-state index contributed by atoms with van der Waals surface area (Å²) in [6.07, 6.45) is 0.535. The number of hydrogen-bond donors (Lipinski definition) is 2. The van der Waals surface area contributed by atoms with Crippen LogP contribution in [-0.2, 0) is 19.5 Å². The minimum Gasteiger partial charge on any atom is -0.476 e. The number of carbonyl (C=O) groups is 1. The van der Waals surface area contributed by atoms with Gasteiger partial charge in [0.1, 0.15) is 0 Å². The lowest BCUT2D eigenvalue weighted by atomic mass is 10.1. The van der Waals surface area contributed by atoms with Crippen LogP contribution in [0.25, 0.3) is 0 Å². The summed E-state index contributed by atoms with van der Waals surface area (Å²) in [6, 6.07) is 6.14. The van der Waals surface area contributed by atoms with Gasteiger partial charge in [-0.2, -0.15) is 0 Å². The van der Waals surface area contributed by atoms with E-state index in [1.165, 1.54) is 16.8 Å². The van der Waals surface area contributed by atoms with Crippen LogP contribution in [0, 0.1) is 10.1 Å². The van der Waals surface area contributed by atoms with Crippen LogP contribution in [-0.4, -0.2) is 31.0 Å². The van der Waals surface area contributed by atoms with Crippen molar-refractivity contribution in [3.8, 4) is 0 Å². The number of carboxylic acids is 1. The Morgan fingerprint density at radius 3 is 2.57 bits per heavy atom. The molecule has 2 aromatic rings. The van der Waals surface area contributed by atoms with Gasteiger partial charge in [0.15, 0.2) is 5.69 Å². The van der Waals surface area contributed by atoms with Gasteiger partial charge in [0, 0.05) is 25.2 Å². The van der Waals surface area contributed by atoms with Crippen molar-refractivity contribution in [2.24, 2.45) is 5.73 Å². The zero-order chi connectivity index (χ0) is 15.4. The largest absolute Gasteiger partial charge is 0.476 e. The molecule has 3 N–H and O–H groups in total. The Labute approximate surface area is 119 Å². The van der Waals surface area contributed by atoms with Gasteiger partial charge in [-0.25, -0.2) is 9.48 Å². The molecule has 0 aliphatic carbocycles. The Morgan fingerprint density at radius 1 is 1.38 bits per heavy atom. The predicted octanol–water partition coefficient (Wildman–Crippen LogP) is 0.586. The van der Waals surface area contributed by atoms with Crippen molar-refractivity contribution in [1.82, 2.24) is 15.0 Å². The molecule has 0 radical (unpaired) electrons. The summed E-state index contributed by atoms with van der Waals surface area (Å²) < 4.78 is 1.44. The molecule has 0 spiro atoms. The number of benzene rings is 1. The molecule has 0 unspecified atom stereocenters. The van der Waals surface area contributed by atoms with Crippen molar-refractivity contribution in [1.29, 1.82) is 0 Å². The van der Waals surface area contributed by atoms with E-state index in [1.807, 2.05) is 0 Å². The van der Waals surface area contributed by atoms with Crippen LogP contribution in [0.15, 0.2) is 24.3 Å². The lowest BCUT2D eigenvalue weighted by Crippen LogP contribution is -2.13. The lowest BCUT2D eigenvalue weighted by molar-refractivity contribution is -0.384. The molecule has 2 rings (SSSR count). The van der Waals surface area contributed by atoms with Gasteiger partial charge in [0.2, 0.25) is 0 Å². The second-order valence-electron chi connectivity index (χ2n) is 4.29. The molecular formula is C12H13N5O4. The smallest absolute Gasteiger partial charge is 0.358 e. The van der Waals surface area contributed by atoms with E-state index in [0.29, 0.717) is 18.7 Å². The maximum absolute atomic E-state index is 10.9. The van der Waals surface area contributed by atoms with E-state index in [2.05, 4.69) is 10.3 Å². The van der Waals surface area contributed by atoms with E-state index in [0.717, 1.165) is 5.56 Å². The van der Waals surface area contributed by atoms with Crippen molar-refractivity contribution in [3.63, 3.8) is 0 Å². The molecular weight excluding hydrogens is 278 g/mol.